The highest BCUT2D eigenvalue weighted by Crippen LogP contribution is 2.35. The maximum absolute atomic E-state index is 14.3. The van der Waals surface area contributed by atoms with Crippen molar-refractivity contribution in [2.45, 2.75) is 6.92 Å². The van der Waals surface area contributed by atoms with Crippen LogP contribution in [0.15, 0.2) is 28.9 Å². The number of nitro groups is 1. The first kappa shape index (κ1) is 24.3. The molecule has 35 heavy (non-hydrogen) atoms. The van der Waals surface area contributed by atoms with Crippen molar-refractivity contribution < 1.29 is 31.7 Å². The number of hydrogen-bond acceptors (Lipinski definition) is 6. The summed E-state index contributed by atoms with van der Waals surface area (Å²) in [6, 6.07) is 4.34. The van der Waals surface area contributed by atoms with Crippen LogP contribution in [0.2, 0.25) is 0 Å². The zero-order valence-electron chi connectivity index (χ0n) is 18.5. The van der Waals surface area contributed by atoms with Gasteiger partial charge in [-0.1, -0.05) is 0 Å². The van der Waals surface area contributed by atoms with Gasteiger partial charge in [-0.05, 0) is 32.2 Å². The van der Waals surface area contributed by atoms with E-state index in [-0.39, 0.29) is 27.5 Å². The van der Waals surface area contributed by atoms with Crippen molar-refractivity contribution in [3.8, 4) is 0 Å². The maximum atomic E-state index is 14.3. The molecule has 1 saturated heterocycles. The molecule has 0 radical (unpaired) electrons. The maximum Gasteiger partial charge on any atom is 0.280 e. The van der Waals surface area contributed by atoms with Crippen molar-refractivity contribution in [3.05, 3.63) is 68.5 Å². The number of nitro benzene ring substituents is 1. The van der Waals surface area contributed by atoms with Crippen molar-refractivity contribution in [1.82, 2.24) is 4.90 Å². The number of halogens is 5. The molecule has 0 atom stereocenters. The summed E-state index contributed by atoms with van der Waals surface area (Å²) in [6.45, 7) is 4.14. The Morgan fingerprint density at radius 1 is 0.971 bits per heavy atom. The summed E-state index contributed by atoms with van der Waals surface area (Å²) >= 11 is 0. The van der Waals surface area contributed by atoms with Gasteiger partial charge >= 0.3 is 0 Å². The van der Waals surface area contributed by atoms with Gasteiger partial charge in [0.05, 0.1) is 21.8 Å². The lowest BCUT2D eigenvalue weighted by molar-refractivity contribution is -0.385. The minimum absolute atomic E-state index is 0.0172. The van der Waals surface area contributed by atoms with Crippen LogP contribution in [0, 0.1) is 39.2 Å². The largest absolute Gasteiger partial charge is 0.369 e. The van der Waals surface area contributed by atoms with Crippen molar-refractivity contribution >= 4 is 34.8 Å². The summed E-state index contributed by atoms with van der Waals surface area (Å²) in [4.78, 5) is 28.0. The lowest BCUT2D eigenvalue weighted by Crippen LogP contribution is -2.44. The van der Waals surface area contributed by atoms with Crippen molar-refractivity contribution in [1.29, 1.82) is 0 Å². The third-order valence-corrected chi connectivity index (χ3v) is 5.84. The Kier molecular flexibility index (Phi) is 6.28. The predicted octanol–water partition coefficient (Wildman–Crippen LogP) is 3.85. The van der Waals surface area contributed by atoms with E-state index >= 15 is 0 Å². The summed E-state index contributed by atoms with van der Waals surface area (Å²) in [7, 11) is 1.97. The molecule has 2 aliphatic heterocycles. The molecule has 2 aromatic carbocycles. The monoisotopic (exact) mass is 495 g/mol. The second-order valence-electron chi connectivity index (χ2n) is 8.07. The molecule has 0 spiro atoms. The van der Waals surface area contributed by atoms with E-state index in [4.69, 9.17) is 0 Å². The molecule has 184 valence electrons. The molecule has 2 aromatic rings. The topological polar surface area (TPSA) is 82.3 Å². The quantitative estimate of drug-likeness (QED) is 0.161. The highest BCUT2D eigenvalue weighted by atomic mass is 19.2. The number of nitrogens with zero attached hydrogens (tertiary/aromatic N) is 5. The van der Waals surface area contributed by atoms with Crippen LogP contribution in [-0.4, -0.2) is 54.7 Å². The molecule has 2 heterocycles. The van der Waals surface area contributed by atoms with E-state index in [0.29, 0.717) is 18.8 Å². The predicted molar refractivity (Wildman–Crippen MR) is 118 cm³/mol. The van der Waals surface area contributed by atoms with Crippen LogP contribution in [0.25, 0.3) is 6.08 Å². The summed E-state index contributed by atoms with van der Waals surface area (Å²) in [5.74, 6) is -12.5. The Labute approximate surface area is 195 Å². The smallest absolute Gasteiger partial charge is 0.280 e. The first-order valence-electron chi connectivity index (χ1n) is 10.4. The molecule has 0 N–H and O–H groups in total. The van der Waals surface area contributed by atoms with E-state index in [1.165, 1.54) is 19.1 Å². The Bertz CT molecular complexity index is 1280. The number of amides is 1. The van der Waals surface area contributed by atoms with E-state index in [9.17, 15) is 36.9 Å². The lowest BCUT2D eigenvalue weighted by atomic mass is 10.0. The summed E-state index contributed by atoms with van der Waals surface area (Å²) in [5.41, 5.74) is -1.62. The Morgan fingerprint density at radius 2 is 1.54 bits per heavy atom. The summed E-state index contributed by atoms with van der Waals surface area (Å²) in [5, 5.41) is 15.3. The molecule has 13 heteroatoms. The normalized spacial score (nSPS) is 18.0. The van der Waals surface area contributed by atoms with Crippen LogP contribution in [0.1, 0.15) is 12.5 Å². The standard InChI is InChI=1S/C22H18F5N5O3/c1-11-14(22(33)31(28-11)21-19(26)17(24)16(23)18(25)20(21)27)10-12-9-13(3-4-15(12)32(34)35)30-7-5-29(2)6-8-30/h3-4,9-10H,5-8H2,1-2H3/b14-10+. The first-order valence-corrected chi connectivity index (χ1v) is 10.4. The summed E-state index contributed by atoms with van der Waals surface area (Å²) in [6.07, 6.45) is 1.12. The number of anilines is 2. The number of rotatable bonds is 4. The fourth-order valence-electron chi connectivity index (χ4n) is 3.86. The SMILES string of the molecule is CC1=NN(c2c(F)c(F)c(F)c(F)c2F)C(=O)/C1=C/c1cc(N2CCN(C)CC2)ccc1[N+](=O)[O-]. The number of carbonyl (C=O) groups excluding carboxylic acids is 1. The molecule has 8 nitrogen and oxygen atoms in total. The van der Waals surface area contributed by atoms with E-state index in [1.807, 2.05) is 11.9 Å². The number of hydrogen-bond donors (Lipinski definition) is 0. The second-order valence-corrected chi connectivity index (χ2v) is 8.07. The third kappa shape index (κ3) is 4.22. The van der Waals surface area contributed by atoms with Gasteiger partial charge in [0.25, 0.3) is 11.6 Å². The molecule has 0 bridgehead atoms. The van der Waals surface area contributed by atoms with Crippen LogP contribution >= 0.6 is 0 Å². The molecule has 0 saturated carbocycles. The Hall–Kier alpha value is -3.87. The van der Waals surface area contributed by atoms with Gasteiger partial charge < -0.3 is 9.80 Å². The van der Waals surface area contributed by atoms with Crippen LogP contribution in [0.3, 0.4) is 0 Å². The van der Waals surface area contributed by atoms with Gasteiger partial charge in [-0.3, -0.25) is 14.9 Å². The van der Waals surface area contributed by atoms with Gasteiger partial charge in [-0.2, -0.15) is 10.1 Å². The molecule has 1 fully saturated rings. The first-order chi connectivity index (χ1) is 16.5. The van der Waals surface area contributed by atoms with E-state index in [1.54, 1.807) is 6.07 Å². The average Bonchev–Trinajstić information content (AvgIpc) is 3.10. The van der Waals surface area contributed by atoms with E-state index in [0.717, 1.165) is 19.2 Å². The molecular weight excluding hydrogens is 477 g/mol. The van der Waals surface area contributed by atoms with E-state index in [2.05, 4.69) is 10.0 Å². The number of benzene rings is 2. The fraction of sp³-hybridized carbons (Fsp3) is 0.273. The number of likely N-dealkylation sites (N-methyl/N-ethyl adjacent to an activating group) is 1. The van der Waals surface area contributed by atoms with E-state index < -0.39 is 45.6 Å². The molecule has 4 rings (SSSR count). The zero-order valence-corrected chi connectivity index (χ0v) is 18.5. The van der Waals surface area contributed by atoms with Gasteiger partial charge in [0.1, 0.15) is 5.69 Å². The zero-order chi connectivity index (χ0) is 25.6. The lowest BCUT2D eigenvalue weighted by Gasteiger charge is -2.34. The Morgan fingerprint density at radius 3 is 2.11 bits per heavy atom. The molecular formula is C22H18F5N5O3. The minimum Gasteiger partial charge on any atom is -0.369 e. The number of piperazine rings is 1. The highest BCUT2D eigenvalue weighted by molar-refractivity contribution is 6.32. The van der Waals surface area contributed by atoms with Gasteiger partial charge in [0.15, 0.2) is 23.3 Å². The van der Waals surface area contributed by atoms with Crippen LogP contribution < -0.4 is 9.91 Å². The van der Waals surface area contributed by atoms with Crippen LogP contribution in [0.5, 0.6) is 0 Å². The van der Waals surface area contributed by atoms with Crippen LogP contribution in [-0.2, 0) is 4.79 Å². The third-order valence-electron chi connectivity index (χ3n) is 5.84. The van der Waals surface area contributed by atoms with Gasteiger partial charge in [0.2, 0.25) is 5.82 Å². The van der Waals surface area contributed by atoms with Crippen molar-refractivity contribution in [2.75, 3.05) is 43.1 Å². The molecule has 0 aromatic heterocycles. The summed E-state index contributed by atoms with van der Waals surface area (Å²) < 4.78 is 69.3. The van der Waals surface area contributed by atoms with Gasteiger partial charge in [-0.15, -0.1) is 0 Å². The fourth-order valence-corrected chi connectivity index (χ4v) is 3.86. The molecule has 0 unspecified atom stereocenters. The van der Waals surface area contributed by atoms with Crippen molar-refractivity contribution in [2.24, 2.45) is 5.10 Å². The average molecular weight is 495 g/mol. The Balaban J connectivity index is 1.76. The van der Waals surface area contributed by atoms with Gasteiger partial charge in [-0.25, -0.2) is 22.0 Å². The second kappa shape index (κ2) is 9.06. The highest BCUT2D eigenvalue weighted by Gasteiger charge is 2.37. The van der Waals surface area contributed by atoms with Crippen LogP contribution in [0.4, 0.5) is 39.0 Å². The molecule has 2 aliphatic rings. The molecule has 1 amide bonds. The van der Waals surface area contributed by atoms with Crippen molar-refractivity contribution in [3.63, 3.8) is 0 Å². The minimum atomic E-state index is -2.37. The number of carbonyl (C=O) groups is 1. The molecule has 0 aliphatic carbocycles. The number of hydrazone groups is 1. The van der Waals surface area contributed by atoms with Gasteiger partial charge in [0, 0.05) is 37.9 Å².